The molecule has 0 radical (unpaired) electrons. The smallest absolute Gasteiger partial charge is 0.280 e. The van der Waals surface area contributed by atoms with E-state index in [1.54, 1.807) is 29.3 Å². The Kier molecular flexibility index (Phi) is 4.93. The van der Waals surface area contributed by atoms with E-state index in [0.29, 0.717) is 17.6 Å². The van der Waals surface area contributed by atoms with Crippen LogP contribution < -0.4 is 11.1 Å². The molecule has 1 aliphatic carbocycles. The number of halogens is 2. The predicted octanol–water partition coefficient (Wildman–Crippen LogP) is 3.36. The Bertz CT molecular complexity index is 1330. The van der Waals surface area contributed by atoms with Crippen LogP contribution in [0.4, 0.5) is 14.5 Å². The third-order valence-electron chi connectivity index (χ3n) is 5.14. The van der Waals surface area contributed by atoms with Gasteiger partial charge in [-0.1, -0.05) is 0 Å². The zero-order chi connectivity index (χ0) is 22.4. The molecule has 0 atom stereocenters. The molecule has 1 saturated carbocycles. The second-order valence-corrected chi connectivity index (χ2v) is 8.44. The number of carbonyl (C=O) groups is 2. The fourth-order valence-corrected chi connectivity index (χ4v) is 4.56. The van der Waals surface area contributed by atoms with Gasteiger partial charge in [-0.25, -0.2) is 13.8 Å². The first-order chi connectivity index (χ1) is 15.4. The van der Waals surface area contributed by atoms with Gasteiger partial charge in [0.05, 0.1) is 5.69 Å². The van der Waals surface area contributed by atoms with Crippen LogP contribution in [0.1, 0.15) is 56.6 Å². The van der Waals surface area contributed by atoms with Crippen LogP contribution in [-0.2, 0) is 6.67 Å². The molecule has 12 heteroatoms. The minimum atomic E-state index is -2.74. The number of thiophene rings is 1. The van der Waals surface area contributed by atoms with Crippen molar-refractivity contribution in [1.82, 2.24) is 24.5 Å². The lowest BCUT2D eigenvalue weighted by Crippen LogP contribution is -2.18. The highest BCUT2D eigenvalue weighted by Gasteiger charge is 2.32. The van der Waals surface area contributed by atoms with Gasteiger partial charge in [-0.2, -0.15) is 10.2 Å². The van der Waals surface area contributed by atoms with Crippen LogP contribution in [0.25, 0.3) is 10.2 Å². The summed E-state index contributed by atoms with van der Waals surface area (Å²) in [5.74, 6) is -1.24. The number of nitrogens with two attached hydrogens (primary N) is 1. The van der Waals surface area contributed by atoms with Crippen LogP contribution in [0.15, 0.2) is 36.8 Å². The number of fused-ring (bicyclic) bond motifs is 1. The van der Waals surface area contributed by atoms with E-state index in [9.17, 15) is 18.4 Å². The average molecular weight is 457 g/mol. The first-order valence-corrected chi connectivity index (χ1v) is 10.6. The topological polar surface area (TPSA) is 121 Å². The van der Waals surface area contributed by atoms with Crippen molar-refractivity contribution in [1.29, 1.82) is 0 Å². The number of aromatic nitrogens is 5. The summed E-state index contributed by atoms with van der Waals surface area (Å²) in [6.45, 7) is 0.320. The Morgan fingerprint density at radius 3 is 2.75 bits per heavy atom. The van der Waals surface area contributed by atoms with E-state index in [2.05, 4.69) is 20.5 Å². The Balaban J connectivity index is 1.52. The number of alkyl halides is 2. The van der Waals surface area contributed by atoms with Gasteiger partial charge in [-0.3, -0.25) is 19.0 Å². The second kappa shape index (κ2) is 7.79. The summed E-state index contributed by atoms with van der Waals surface area (Å²) in [6, 6.07) is 4.66. The lowest BCUT2D eigenvalue weighted by Gasteiger charge is -2.09. The first kappa shape index (κ1) is 20.2. The highest BCUT2D eigenvalue weighted by Crippen LogP contribution is 2.48. The van der Waals surface area contributed by atoms with Gasteiger partial charge < -0.3 is 11.1 Å². The second-order valence-electron chi connectivity index (χ2n) is 7.44. The molecule has 0 saturated heterocycles. The van der Waals surface area contributed by atoms with Crippen molar-refractivity contribution < 1.29 is 18.4 Å². The van der Waals surface area contributed by atoms with Crippen molar-refractivity contribution >= 4 is 39.1 Å². The van der Waals surface area contributed by atoms with Crippen molar-refractivity contribution in [3.8, 4) is 0 Å². The highest BCUT2D eigenvalue weighted by atomic mass is 32.1. The van der Waals surface area contributed by atoms with Gasteiger partial charge in [0.15, 0.2) is 5.69 Å². The molecule has 4 aromatic heterocycles. The molecule has 1 aliphatic rings. The standard InChI is InChI=1S/C20H17F2N7O2S/c21-17(22)13-8-11(10-2-3-10)14-15(16(18(23)30)32-20(14)25-13)26-19(31)12-4-7-29(27-12)9-28-6-1-5-24-28/h1,4-8,10,17H,2-3,9H2,(H2,23,30)(H,26,31). The van der Waals surface area contributed by atoms with Crippen LogP contribution in [0.3, 0.4) is 0 Å². The zero-order valence-electron chi connectivity index (χ0n) is 16.5. The van der Waals surface area contributed by atoms with Gasteiger partial charge >= 0.3 is 0 Å². The van der Waals surface area contributed by atoms with Crippen molar-refractivity contribution in [2.75, 3.05) is 5.32 Å². The third kappa shape index (κ3) is 3.73. The number of amides is 2. The van der Waals surface area contributed by atoms with E-state index in [-0.39, 0.29) is 32.7 Å². The molecule has 3 N–H and O–H groups in total. The number of rotatable bonds is 7. The molecule has 1 fully saturated rings. The summed E-state index contributed by atoms with van der Waals surface area (Å²) in [6.07, 6.45) is 3.97. The maximum atomic E-state index is 13.4. The number of carbonyl (C=O) groups excluding carboxylic acids is 2. The maximum Gasteiger partial charge on any atom is 0.280 e. The van der Waals surface area contributed by atoms with Gasteiger partial charge in [-0.05, 0) is 42.5 Å². The van der Waals surface area contributed by atoms with Gasteiger partial charge in [0.25, 0.3) is 18.2 Å². The molecule has 0 spiro atoms. The molecule has 0 unspecified atom stereocenters. The van der Waals surface area contributed by atoms with Gasteiger partial charge in [0.2, 0.25) is 0 Å². The quantitative estimate of drug-likeness (QED) is 0.441. The Morgan fingerprint density at radius 1 is 1.28 bits per heavy atom. The molecule has 4 heterocycles. The lowest BCUT2D eigenvalue weighted by atomic mass is 10.0. The highest BCUT2D eigenvalue weighted by molar-refractivity contribution is 7.21. The van der Waals surface area contributed by atoms with Crippen molar-refractivity contribution in [3.05, 3.63) is 58.6 Å². The minimum Gasteiger partial charge on any atom is -0.365 e. The van der Waals surface area contributed by atoms with Crippen LogP contribution >= 0.6 is 11.3 Å². The van der Waals surface area contributed by atoms with Crippen molar-refractivity contribution in [2.45, 2.75) is 31.9 Å². The zero-order valence-corrected chi connectivity index (χ0v) is 17.4. The van der Waals surface area contributed by atoms with E-state index in [1.807, 2.05) is 0 Å². The normalized spacial score (nSPS) is 13.7. The first-order valence-electron chi connectivity index (χ1n) is 9.78. The molecule has 0 bridgehead atoms. The Labute approximate surface area is 183 Å². The number of nitrogens with zero attached hydrogens (tertiary/aromatic N) is 5. The number of pyridine rings is 1. The molecule has 164 valence electrons. The Hall–Kier alpha value is -3.67. The summed E-state index contributed by atoms with van der Waals surface area (Å²) in [4.78, 5) is 29.3. The summed E-state index contributed by atoms with van der Waals surface area (Å²) >= 11 is 0.897. The van der Waals surface area contributed by atoms with Gasteiger partial charge in [-0.15, -0.1) is 11.3 Å². The lowest BCUT2D eigenvalue weighted by molar-refractivity contribution is 0.100. The van der Waals surface area contributed by atoms with Crippen molar-refractivity contribution in [3.63, 3.8) is 0 Å². The van der Waals surface area contributed by atoms with Crippen LogP contribution in [0.2, 0.25) is 0 Å². The van der Waals surface area contributed by atoms with E-state index in [1.165, 1.54) is 16.8 Å². The molecule has 0 aliphatic heterocycles. The Morgan fingerprint density at radius 2 is 2.09 bits per heavy atom. The van der Waals surface area contributed by atoms with Crippen LogP contribution in [0, 0.1) is 0 Å². The maximum absolute atomic E-state index is 13.4. The number of nitrogens with one attached hydrogen (secondary N) is 1. The monoisotopic (exact) mass is 457 g/mol. The van der Waals surface area contributed by atoms with Crippen molar-refractivity contribution in [2.24, 2.45) is 5.73 Å². The van der Waals surface area contributed by atoms with Gasteiger partial charge in [0, 0.05) is 24.0 Å². The molecule has 9 nitrogen and oxygen atoms in total. The molecule has 4 aromatic rings. The largest absolute Gasteiger partial charge is 0.365 e. The summed E-state index contributed by atoms with van der Waals surface area (Å²) in [5, 5.41) is 11.5. The number of hydrogen-bond acceptors (Lipinski definition) is 6. The van der Waals surface area contributed by atoms with Gasteiger partial charge in [0.1, 0.15) is 22.1 Å². The van der Waals surface area contributed by atoms with Crippen LogP contribution in [0.5, 0.6) is 0 Å². The van der Waals surface area contributed by atoms with E-state index < -0.39 is 18.2 Å². The molecular weight excluding hydrogens is 440 g/mol. The SMILES string of the molecule is NC(=O)c1sc2nc(C(F)F)cc(C3CC3)c2c1NC(=O)c1ccn(Cn2cccn2)n1. The number of primary amides is 1. The molecule has 0 aromatic carbocycles. The average Bonchev–Trinajstić information content (AvgIpc) is 3.12. The fraction of sp³-hybridized carbons (Fsp3) is 0.250. The molecular formula is C20H17F2N7O2S. The number of hydrogen-bond donors (Lipinski definition) is 2. The summed E-state index contributed by atoms with van der Waals surface area (Å²) in [7, 11) is 0. The summed E-state index contributed by atoms with van der Waals surface area (Å²) < 4.78 is 29.9. The molecule has 2 amide bonds. The van der Waals surface area contributed by atoms with E-state index in [4.69, 9.17) is 5.73 Å². The number of anilines is 1. The minimum absolute atomic E-state index is 0.0603. The predicted molar refractivity (Wildman–Crippen MR) is 113 cm³/mol. The van der Waals surface area contributed by atoms with Crippen LogP contribution in [-0.4, -0.2) is 36.4 Å². The molecule has 5 rings (SSSR count). The summed E-state index contributed by atoms with van der Waals surface area (Å²) in [5.41, 5.74) is 6.14. The van der Waals surface area contributed by atoms with E-state index >= 15 is 0 Å². The molecule has 32 heavy (non-hydrogen) atoms. The third-order valence-corrected chi connectivity index (χ3v) is 6.24. The fourth-order valence-electron chi connectivity index (χ4n) is 3.54. The van der Waals surface area contributed by atoms with E-state index in [0.717, 1.165) is 24.2 Å².